The van der Waals surface area contributed by atoms with Gasteiger partial charge in [0.15, 0.2) is 0 Å². The highest BCUT2D eigenvalue weighted by molar-refractivity contribution is 6.30. The molecule has 0 bridgehead atoms. The molecule has 4 heteroatoms. The molecule has 1 aromatic rings. The van der Waals surface area contributed by atoms with Gasteiger partial charge in [0, 0.05) is 25.2 Å². The molecule has 0 amide bonds. The molecule has 1 N–H and O–H groups in total. The van der Waals surface area contributed by atoms with Crippen LogP contribution >= 0.6 is 11.6 Å². The van der Waals surface area contributed by atoms with Crippen LogP contribution in [0.1, 0.15) is 24.1 Å². The van der Waals surface area contributed by atoms with Crippen molar-refractivity contribution in [1.29, 1.82) is 0 Å². The summed E-state index contributed by atoms with van der Waals surface area (Å²) in [5.41, 5.74) is 2.16. The third kappa shape index (κ3) is 1.86. The fourth-order valence-electron chi connectivity index (χ4n) is 1.41. The van der Waals surface area contributed by atoms with Crippen LogP contribution in [0, 0.1) is 6.92 Å². The number of rotatable bonds is 3. The number of nitrogens with one attached hydrogen (secondary N) is 1. The van der Waals surface area contributed by atoms with E-state index in [2.05, 4.69) is 10.4 Å². The van der Waals surface area contributed by atoms with E-state index in [-0.39, 0.29) is 0 Å². The van der Waals surface area contributed by atoms with Gasteiger partial charge in [0.05, 0.1) is 5.69 Å². The Bertz CT molecular complexity index is 315. The predicted octanol–water partition coefficient (Wildman–Crippen LogP) is 1.63. The van der Waals surface area contributed by atoms with Crippen molar-refractivity contribution in [3.63, 3.8) is 0 Å². The minimum absolute atomic E-state index is 0.718. The van der Waals surface area contributed by atoms with Crippen molar-refractivity contribution in [1.82, 2.24) is 15.1 Å². The highest BCUT2D eigenvalue weighted by Crippen LogP contribution is 2.22. The van der Waals surface area contributed by atoms with E-state index in [1.807, 2.05) is 14.0 Å². The summed E-state index contributed by atoms with van der Waals surface area (Å²) in [5.74, 6) is 0. The summed E-state index contributed by atoms with van der Waals surface area (Å²) in [7, 11) is 1.87. The SMILES string of the molecule is Cc1nn(C)c(Cl)c1CNC1CC1. The second kappa shape index (κ2) is 3.31. The number of hydrogen-bond acceptors (Lipinski definition) is 2. The molecular formula is C9H14ClN3. The summed E-state index contributed by atoms with van der Waals surface area (Å²) in [6, 6.07) is 0.718. The molecule has 0 unspecified atom stereocenters. The summed E-state index contributed by atoms with van der Waals surface area (Å²) < 4.78 is 1.72. The highest BCUT2D eigenvalue weighted by atomic mass is 35.5. The molecule has 1 aliphatic rings. The molecule has 1 aliphatic carbocycles. The van der Waals surface area contributed by atoms with Crippen LogP contribution in [0.2, 0.25) is 5.15 Å². The van der Waals surface area contributed by atoms with Crippen molar-refractivity contribution in [2.24, 2.45) is 7.05 Å². The third-order valence-electron chi connectivity index (χ3n) is 2.41. The highest BCUT2D eigenvalue weighted by Gasteiger charge is 2.21. The molecule has 0 aliphatic heterocycles. The van der Waals surface area contributed by atoms with Gasteiger partial charge in [0.2, 0.25) is 0 Å². The Kier molecular flexibility index (Phi) is 2.30. The Morgan fingerprint density at radius 2 is 2.31 bits per heavy atom. The Balaban J connectivity index is 2.08. The van der Waals surface area contributed by atoms with Gasteiger partial charge in [-0.25, -0.2) is 0 Å². The van der Waals surface area contributed by atoms with E-state index in [1.54, 1.807) is 4.68 Å². The fraction of sp³-hybridized carbons (Fsp3) is 0.667. The number of aromatic nitrogens is 2. The van der Waals surface area contributed by atoms with E-state index < -0.39 is 0 Å². The molecule has 13 heavy (non-hydrogen) atoms. The van der Waals surface area contributed by atoms with Gasteiger partial charge in [0.25, 0.3) is 0 Å². The monoisotopic (exact) mass is 199 g/mol. The van der Waals surface area contributed by atoms with Crippen LogP contribution in [0.15, 0.2) is 0 Å². The van der Waals surface area contributed by atoms with E-state index in [4.69, 9.17) is 11.6 Å². The van der Waals surface area contributed by atoms with Gasteiger partial charge in [-0.05, 0) is 19.8 Å². The van der Waals surface area contributed by atoms with Crippen molar-refractivity contribution in [2.45, 2.75) is 32.4 Å². The second-order valence-corrected chi connectivity index (χ2v) is 3.99. The van der Waals surface area contributed by atoms with Crippen LogP contribution < -0.4 is 5.32 Å². The lowest BCUT2D eigenvalue weighted by Crippen LogP contribution is -2.15. The van der Waals surface area contributed by atoms with Gasteiger partial charge in [-0.15, -0.1) is 0 Å². The van der Waals surface area contributed by atoms with Crippen LogP contribution in [0.3, 0.4) is 0 Å². The average molecular weight is 200 g/mol. The zero-order valence-electron chi connectivity index (χ0n) is 7.97. The first-order chi connectivity index (χ1) is 6.18. The zero-order chi connectivity index (χ0) is 9.42. The van der Waals surface area contributed by atoms with Crippen LogP contribution in [-0.4, -0.2) is 15.8 Å². The van der Waals surface area contributed by atoms with Crippen LogP contribution in [-0.2, 0) is 13.6 Å². The van der Waals surface area contributed by atoms with E-state index in [1.165, 1.54) is 12.8 Å². The Hall–Kier alpha value is -0.540. The van der Waals surface area contributed by atoms with Crippen molar-refractivity contribution < 1.29 is 0 Å². The molecular weight excluding hydrogens is 186 g/mol. The quantitative estimate of drug-likeness (QED) is 0.802. The normalized spacial score (nSPS) is 16.5. The molecule has 2 rings (SSSR count). The topological polar surface area (TPSA) is 29.9 Å². The minimum atomic E-state index is 0.718. The number of nitrogens with zero attached hydrogens (tertiary/aromatic N) is 2. The van der Waals surface area contributed by atoms with Crippen LogP contribution in [0.5, 0.6) is 0 Å². The minimum Gasteiger partial charge on any atom is -0.310 e. The van der Waals surface area contributed by atoms with Gasteiger partial charge in [-0.3, -0.25) is 4.68 Å². The predicted molar refractivity (Wildman–Crippen MR) is 52.8 cm³/mol. The fourth-order valence-corrected chi connectivity index (χ4v) is 1.65. The molecule has 72 valence electrons. The molecule has 1 fully saturated rings. The maximum atomic E-state index is 6.08. The summed E-state index contributed by atoms with van der Waals surface area (Å²) in [5, 5.41) is 8.44. The Morgan fingerprint density at radius 1 is 1.62 bits per heavy atom. The average Bonchev–Trinajstić information content (AvgIpc) is 2.84. The molecule has 0 atom stereocenters. The molecule has 0 aromatic carbocycles. The van der Waals surface area contributed by atoms with Crippen LogP contribution in [0.25, 0.3) is 0 Å². The number of halogens is 1. The van der Waals surface area contributed by atoms with Gasteiger partial charge in [-0.1, -0.05) is 11.6 Å². The summed E-state index contributed by atoms with van der Waals surface area (Å²) >= 11 is 6.08. The summed E-state index contributed by atoms with van der Waals surface area (Å²) in [4.78, 5) is 0. The number of hydrogen-bond donors (Lipinski definition) is 1. The molecule has 1 heterocycles. The van der Waals surface area contributed by atoms with Gasteiger partial charge in [-0.2, -0.15) is 5.10 Å². The van der Waals surface area contributed by atoms with Crippen molar-refractivity contribution in [3.8, 4) is 0 Å². The summed E-state index contributed by atoms with van der Waals surface area (Å²) in [6.45, 7) is 2.85. The number of aryl methyl sites for hydroxylation is 2. The van der Waals surface area contributed by atoms with Crippen molar-refractivity contribution >= 4 is 11.6 Å². The van der Waals surface area contributed by atoms with E-state index in [0.717, 1.165) is 29.0 Å². The maximum absolute atomic E-state index is 6.08. The Labute approximate surface area is 83.1 Å². The summed E-state index contributed by atoms with van der Waals surface area (Å²) in [6.07, 6.45) is 2.61. The molecule has 1 aromatic heterocycles. The third-order valence-corrected chi connectivity index (χ3v) is 2.89. The van der Waals surface area contributed by atoms with Crippen molar-refractivity contribution in [2.75, 3.05) is 0 Å². The first-order valence-corrected chi connectivity index (χ1v) is 4.97. The standard InChI is InChI=1S/C9H14ClN3/c1-6-8(5-11-7-3-4-7)9(10)13(2)12-6/h7,11H,3-5H2,1-2H3. The lowest BCUT2D eigenvalue weighted by Gasteiger charge is -2.01. The van der Waals surface area contributed by atoms with Crippen molar-refractivity contribution in [3.05, 3.63) is 16.4 Å². The lowest BCUT2D eigenvalue weighted by atomic mass is 10.2. The molecule has 3 nitrogen and oxygen atoms in total. The maximum Gasteiger partial charge on any atom is 0.131 e. The van der Waals surface area contributed by atoms with E-state index in [0.29, 0.717) is 0 Å². The molecule has 0 saturated heterocycles. The molecule has 0 spiro atoms. The first-order valence-electron chi connectivity index (χ1n) is 4.60. The Morgan fingerprint density at radius 3 is 2.77 bits per heavy atom. The zero-order valence-corrected chi connectivity index (χ0v) is 8.73. The second-order valence-electron chi connectivity index (χ2n) is 3.63. The largest absolute Gasteiger partial charge is 0.310 e. The van der Waals surface area contributed by atoms with Crippen LogP contribution in [0.4, 0.5) is 0 Å². The molecule has 0 radical (unpaired) electrons. The lowest BCUT2D eigenvalue weighted by molar-refractivity contribution is 0.685. The molecule has 1 saturated carbocycles. The van der Waals surface area contributed by atoms with E-state index >= 15 is 0 Å². The van der Waals surface area contributed by atoms with Gasteiger partial charge < -0.3 is 5.32 Å². The first kappa shape index (κ1) is 9.03. The van der Waals surface area contributed by atoms with Gasteiger partial charge in [0.1, 0.15) is 5.15 Å². The smallest absolute Gasteiger partial charge is 0.131 e. The van der Waals surface area contributed by atoms with Gasteiger partial charge >= 0.3 is 0 Å². The van der Waals surface area contributed by atoms with E-state index in [9.17, 15) is 0 Å².